The molecule has 0 aliphatic heterocycles. The zero-order valence-corrected chi connectivity index (χ0v) is 15.4. The Morgan fingerprint density at radius 2 is 0.833 bits per heavy atom. The maximum absolute atomic E-state index is 8.33. The molecule has 0 saturated carbocycles. The Morgan fingerprint density at radius 1 is 0.625 bits per heavy atom. The molecule has 5 nitrogen and oxygen atoms in total. The van der Waals surface area contributed by atoms with E-state index in [1.54, 1.807) is 0 Å². The van der Waals surface area contributed by atoms with Gasteiger partial charge in [0.05, 0.1) is 42.3 Å². The van der Waals surface area contributed by atoms with E-state index in [9.17, 15) is 0 Å². The normalized spacial score (nSPS) is 10.6. The van der Waals surface area contributed by atoms with E-state index in [-0.39, 0.29) is 0 Å². The minimum atomic E-state index is -2.33. The van der Waals surface area contributed by atoms with E-state index in [0.29, 0.717) is 0 Å². The Labute approximate surface area is 145 Å². The van der Waals surface area contributed by atoms with Crippen LogP contribution in [-0.4, -0.2) is 48.4 Å². The summed E-state index contributed by atoms with van der Waals surface area (Å²) in [6.45, 7) is 0. The van der Waals surface area contributed by atoms with Crippen molar-refractivity contribution in [2.75, 3.05) is 42.3 Å². The van der Waals surface area contributed by atoms with Crippen molar-refractivity contribution in [3.63, 3.8) is 0 Å². The number of carbonyl (C=O) groups excluding carboxylic acids is 1. The van der Waals surface area contributed by atoms with Crippen LogP contribution in [0.3, 0.4) is 0 Å². The SMILES string of the molecule is C[N+](C)(C)c1ccccc1.C[N+](C)(C)c1ccccc1.O=C([O-])[O-]. The highest BCUT2D eigenvalue weighted by atomic mass is 16.6. The lowest BCUT2D eigenvalue weighted by molar-refractivity contribution is -0.415. The van der Waals surface area contributed by atoms with Gasteiger partial charge in [-0.3, -0.25) is 8.97 Å². The van der Waals surface area contributed by atoms with Gasteiger partial charge in [0, 0.05) is 0 Å². The summed E-state index contributed by atoms with van der Waals surface area (Å²) < 4.78 is 1.78. The molecule has 2 aromatic rings. The largest absolute Gasteiger partial charge is 0.652 e. The van der Waals surface area contributed by atoms with Gasteiger partial charge in [-0.05, 0) is 30.4 Å². The molecule has 0 heterocycles. The Kier molecular flexibility index (Phi) is 8.74. The molecule has 0 aliphatic rings. The lowest BCUT2D eigenvalue weighted by Crippen LogP contribution is -2.37. The molecule has 132 valence electrons. The Balaban J connectivity index is 0.000000363. The highest BCUT2D eigenvalue weighted by Gasteiger charge is 2.09. The van der Waals surface area contributed by atoms with Crippen molar-refractivity contribution in [2.24, 2.45) is 0 Å². The number of para-hydroxylation sites is 2. The number of quaternary nitrogens is 2. The van der Waals surface area contributed by atoms with Gasteiger partial charge in [-0.25, -0.2) is 0 Å². The fourth-order valence-electron chi connectivity index (χ4n) is 1.75. The van der Waals surface area contributed by atoms with Crippen LogP contribution >= 0.6 is 0 Å². The van der Waals surface area contributed by atoms with E-state index in [1.807, 2.05) is 12.1 Å². The summed E-state index contributed by atoms with van der Waals surface area (Å²) in [4.78, 5) is 8.33. The van der Waals surface area contributed by atoms with Crippen molar-refractivity contribution in [3.05, 3.63) is 60.7 Å². The van der Waals surface area contributed by atoms with Crippen LogP contribution < -0.4 is 19.2 Å². The van der Waals surface area contributed by atoms with Gasteiger partial charge in [0.15, 0.2) is 0 Å². The highest BCUT2D eigenvalue weighted by Crippen LogP contribution is 2.14. The first-order chi connectivity index (χ1) is 10.9. The van der Waals surface area contributed by atoms with Gasteiger partial charge < -0.3 is 15.0 Å². The first-order valence-electron chi connectivity index (χ1n) is 7.56. The van der Waals surface area contributed by atoms with Gasteiger partial charge in [0.2, 0.25) is 0 Å². The Morgan fingerprint density at radius 3 is 0.958 bits per heavy atom. The molecule has 0 unspecified atom stereocenters. The third-order valence-corrected chi connectivity index (χ3v) is 3.06. The summed E-state index contributed by atoms with van der Waals surface area (Å²) in [6.07, 6.45) is -2.33. The number of nitrogens with zero attached hydrogens (tertiary/aromatic N) is 2. The van der Waals surface area contributed by atoms with Gasteiger partial charge in [-0.15, -0.1) is 0 Å². The van der Waals surface area contributed by atoms with E-state index in [1.165, 1.54) is 11.4 Å². The molecule has 0 aromatic heterocycles. The quantitative estimate of drug-likeness (QED) is 0.779. The first-order valence-corrected chi connectivity index (χ1v) is 7.56. The Hall–Kier alpha value is -2.37. The number of hydrogen-bond acceptors (Lipinski definition) is 3. The summed E-state index contributed by atoms with van der Waals surface area (Å²) in [5.41, 5.74) is 2.67. The molecule has 0 spiro atoms. The van der Waals surface area contributed by atoms with Gasteiger partial charge in [-0.2, -0.15) is 0 Å². The van der Waals surface area contributed by atoms with Crippen LogP contribution in [0.4, 0.5) is 16.2 Å². The standard InChI is InChI=1S/2C9H14N.CH2O3/c2*1-10(2,3)9-7-5-4-6-8-9;2-1(3)4/h2*4-8H,1-3H3;(H2,2,3,4)/q2*+1;/p-2. The molecule has 5 heteroatoms. The molecule has 0 atom stereocenters. The molecule has 24 heavy (non-hydrogen) atoms. The van der Waals surface area contributed by atoms with Crippen molar-refractivity contribution in [3.8, 4) is 0 Å². The van der Waals surface area contributed by atoms with Crippen LogP contribution in [0.25, 0.3) is 0 Å². The van der Waals surface area contributed by atoms with E-state index >= 15 is 0 Å². The first kappa shape index (κ1) is 21.6. The molecule has 0 N–H and O–H groups in total. The lowest BCUT2D eigenvalue weighted by atomic mass is 10.3. The molecule has 0 bridgehead atoms. The Bertz CT molecular complexity index is 532. The molecule has 0 aliphatic carbocycles. The van der Waals surface area contributed by atoms with Crippen molar-refractivity contribution >= 4 is 17.5 Å². The second kappa shape index (κ2) is 9.70. The third kappa shape index (κ3) is 10.4. The minimum absolute atomic E-state index is 0.890. The van der Waals surface area contributed by atoms with Crippen LogP contribution in [0, 0.1) is 0 Å². The lowest BCUT2D eigenvalue weighted by Gasteiger charge is -2.22. The number of hydrogen-bond donors (Lipinski definition) is 0. The van der Waals surface area contributed by atoms with Crippen molar-refractivity contribution < 1.29 is 15.0 Å². The maximum atomic E-state index is 8.33. The second-order valence-electron chi connectivity index (χ2n) is 6.95. The summed E-state index contributed by atoms with van der Waals surface area (Å²) in [7, 11) is 13.0. The summed E-state index contributed by atoms with van der Waals surface area (Å²) in [5.74, 6) is 0. The number of benzene rings is 2. The number of carboxylic acid groups (broad SMARTS) is 2. The zero-order valence-electron chi connectivity index (χ0n) is 15.4. The van der Waals surface area contributed by atoms with E-state index in [0.717, 1.165) is 8.97 Å². The van der Waals surface area contributed by atoms with Crippen LogP contribution in [0.15, 0.2) is 60.7 Å². The van der Waals surface area contributed by atoms with Crippen LogP contribution in [0.5, 0.6) is 0 Å². The van der Waals surface area contributed by atoms with Crippen LogP contribution in [0.2, 0.25) is 0 Å². The summed E-state index contributed by atoms with van der Waals surface area (Å²) in [6, 6.07) is 20.9. The molecule has 2 aromatic carbocycles. The van der Waals surface area contributed by atoms with E-state index < -0.39 is 6.16 Å². The molecule has 2 rings (SSSR count). The molecular weight excluding hydrogens is 304 g/mol. The van der Waals surface area contributed by atoms with Crippen molar-refractivity contribution in [1.29, 1.82) is 0 Å². The maximum Gasteiger partial charge on any atom is 0.132 e. The van der Waals surface area contributed by atoms with Gasteiger partial charge >= 0.3 is 0 Å². The van der Waals surface area contributed by atoms with Gasteiger partial charge in [-0.1, -0.05) is 36.4 Å². The molecule has 0 saturated heterocycles. The second-order valence-corrected chi connectivity index (χ2v) is 6.95. The minimum Gasteiger partial charge on any atom is -0.652 e. The average molecular weight is 332 g/mol. The number of rotatable bonds is 2. The average Bonchev–Trinajstić information content (AvgIpc) is 2.47. The van der Waals surface area contributed by atoms with Crippen LogP contribution in [0.1, 0.15) is 0 Å². The van der Waals surface area contributed by atoms with E-state index in [2.05, 4.69) is 90.8 Å². The fourth-order valence-corrected chi connectivity index (χ4v) is 1.75. The van der Waals surface area contributed by atoms with Crippen molar-refractivity contribution in [2.45, 2.75) is 0 Å². The molecule has 0 fully saturated rings. The summed E-state index contributed by atoms with van der Waals surface area (Å²) in [5, 5.41) is 16.7. The fraction of sp³-hybridized carbons (Fsp3) is 0.316. The van der Waals surface area contributed by atoms with E-state index in [4.69, 9.17) is 15.0 Å². The van der Waals surface area contributed by atoms with Gasteiger partial charge in [0.25, 0.3) is 0 Å². The van der Waals surface area contributed by atoms with Crippen molar-refractivity contribution in [1.82, 2.24) is 8.97 Å². The highest BCUT2D eigenvalue weighted by molar-refractivity contribution is 5.47. The monoisotopic (exact) mass is 332 g/mol. The molecule has 0 amide bonds. The van der Waals surface area contributed by atoms with Crippen LogP contribution in [-0.2, 0) is 0 Å². The topological polar surface area (TPSA) is 63.2 Å². The summed E-state index contributed by atoms with van der Waals surface area (Å²) >= 11 is 0. The zero-order chi connectivity index (χ0) is 18.8. The number of carbonyl (C=O) groups is 1. The third-order valence-electron chi connectivity index (χ3n) is 3.06. The predicted molar refractivity (Wildman–Crippen MR) is 97.4 cm³/mol. The smallest absolute Gasteiger partial charge is 0.132 e. The predicted octanol–water partition coefficient (Wildman–Crippen LogP) is 1.32. The molecular formula is C19H28N2O3. The van der Waals surface area contributed by atoms with Gasteiger partial charge in [0.1, 0.15) is 11.4 Å². The molecule has 0 radical (unpaired) electrons.